The van der Waals surface area contributed by atoms with Crippen molar-refractivity contribution in [3.05, 3.63) is 70.8 Å². The number of carbonyl (C=O) groups excluding carboxylic acids is 1. The molecule has 30 heavy (non-hydrogen) atoms. The van der Waals surface area contributed by atoms with Crippen molar-refractivity contribution in [2.75, 3.05) is 13.7 Å². The number of aryl methyl sites for hydroxylation is 2. The molecule has 0 radical (unpaired) electrons. The van der Waals surface area contributed by atoms with Crippen LogP contribution in [0.4, 0.5) is 0 Å². The third kappa shape index (κ3) is 3.87. The molecule has 2 heterocycles. The van der Waals surface area contributed by atoms with Crippen LogP contribution in [0.25, 0.3) is 11.0 Å². The number of hydrogen-bond donors (Lipinski definition) is 1. The van der Waals surface area contributed by atoms with E-state index in [0.29, 0.717) is 6.42 Å². The van der Waals surface area contributed by atoms with Gasteiger partial charge in [-0.25, -0.2) is 4.68 Å². The molecule has 2 aromatic carbocycles. The quantitative estimate of drug-likeness (QED) is 0.481. The number of rotatable bonds is 7. The molecule has 1 unspecified atom stereocenters. The predicted molar refractivity (Wildman–Crippen MR) is 117 cm³/mol. The first kappa shape index (κ1) is 20.3. The molecule has 4 rings (SSSR count). The Balaban J connectivity index is 1.77. The van der Waals surface area contributed by atoms with Gasteiger partial charge in [0.05, 0.1) is 19.0 Å². The molecule has 0 bridgehead atoms. The SMILES string of the molecule is C=CCCn1nnc2c(C)c(C(CC(=O)OC)c3ccc4c(c3)CNCC4)ccc21. The number of carbonyl (C=O) groups is 1. The number of aromatic nitrogens is 3. The molecule has 0 fully saturated rings. The van der Waals surface area contributed by atoms with Crippen LogP contribution in [0.5, 0.6) is 0 Å². The number of nitrogens with one attached hydrogen (secondary N) is 1. The Labute approximate surface area is 176 Å². The van der Waals surface area contributed by atoms with E-state index < -0.39 is 0 Å². The summed E-state index contributed by atoms with van der Waals surface area (Å²) in [7, 11) is 1.44. The van der Waals surface area contributed by atoms with Crippen LogP contribution < -0.4 is 5.32 Å². The van der Waals surface area contributed by atoms with E-state index in [0.717, 1.165) is 60.2 Å². The maximum atomic E-state index is 12.3. The van der Waals surface area contributed by atoms with Crippen molar-refractivity contribution in [1.82, 2.24) is 20.3 Å². The van der Waals surface area contributed by atoms with Crippen LogP contribution in [-0.4, -0.2) is 34.6 Å². The molecule has 156 valence electrons. The Morgan fingerprint density at radius 1 is 1.33 bits per heavy atom. The summed E-state index contributed by atoms with van der Waals surface area (Å²) in [5, 5.41) is 12.2. The number of esters is 1. The molecule has 0 amide bonds. The Hall–Kier alpha value is -2.99. The van der Waals surface area contributed by atoms with Crippen molar-refractivity contribution in [1.29, 1.82) is 0 Å². The van der Waals surface area contributed by atoms with Crippen molar-refractivity contribution in [3.8, 4) is 0 Å². The van der Waals surface area contributed by atoms with Crippen molar-refractivity contribution in [3.63, 3.8) is 0 Å². The predicted octanol–water partition coefficient (Wildman–Crippen LogP) is 3.66. The van der Waals surface area contributed by atoms with Gasteiger partial charge in [0, 0.05) is 19.0 Å². The Bertz CT molecular complexity index is 1090. The minimum Gasteiger partial charge on any atom is -0.469 e. The second-order valence-electron chi connectivity index (χ2n) is 7.83. The molecule has 0 aliphatic carbocycles. The zero-order valence-electron chi connectivity index (χ0n) is 17.6. The van der Waals surface area contributed by atoms with E-state index in [-0.39, 0.29) is 11.9 Å². The molecule has 0 saturated carbocycles. The Morgan fingerprint density at radius 2 is 2.20 bits per heavy atom. The van der Waals surface area contributed by atoms with Gasteiger partial charge < -0.3 is 10.1 Å². The first-order valence-electron chi connectivity index (χ1n) is 10.4. The summed E-state index contributed by atoms with van der Waals surface area (Å²) in [4.78, 5) is 12.3. The Kier molecular flexibility index (Phi) is 5.95. The van der Waals surface area contributed by atoms with Crippen molar-refractivity contribution in [2.24, 2.45) is 0 Å². The highest BCUT2D eigenvalue weighted by Crippen LogP contribution is 2.35. The minimum absolute atomic E-state index is 0.0904. The number of allylic oxidation sites excluding steroid dienone is 1. The van der Waals surface area contributed by atoms with Gasteiger partial charge in [0.25, 0.3) is 0 Å². The summed E-state index contributed by atoms with van der Waals surface area (Å²) in [5.74, 6) is -0.308. The molecule has 1 aliphatic rings. The van der Waals surface area contributed by atoms with E-state index in [2.05, 4.69) is 59.5 Å². The maximum Gasteiger partial charge on any atom is 0.306 e. The summed E-state index contributed by atoms with van der Waals surface area (Å²) in [5.41, 5.74) is 7.85. The van der Waals surface area contributed by atoms with E-state index in [1.54, 1.807) is 0 Å². The van der Waals surface area contributed by atoms with E-state index in [1.165, 1.54) is 18.2 Å². The Morgan fingerprint density at radius 3 is 3.00 bits per heavy atom. The number of nitrogens with zero attached hydrogens (tertiary/aromatic N) is 3. The number of ether oxygens (including phenoxy) is 1. The van der Waals surface area contributed by atoms with E-state index in [9.17, 15) is 4.79 Å². The van der Waals surface area contributed by atoms with Gasteiger partial charge >= 0.3 is 5.97 Å². The van der Waals surface area contributed by atoms with Gasteiger partial charge in [-0.3, -0.25) is 4.79 Å². The fourth-order valence-corrected chi connectivity index (χ4v) is 4.31. The van der Waals surface area contributed by atoms with Gasteiger partial charge in [0.1, 0.15) is 5.52 Å². The smallest absolute Gasteiger partial charge is 0.306 e. The second-order valence-corrected chi connectivity index (χ2v) is 7.83. The summed E-state index contributed by atoms with van der Waals surface area (Å²) in [6.07, 6.45) is 4.05. The highest BCUT2D eigenvalue weighted by Gasteiger charge is 2.24. The average molecular weight is 405 g/mol. The molecule has 1 atom stereocenters. The lowest BCUT2D eigenvalue weighted by atomic mass is 9.83. The fourth-order valence-electron chi connectivity index (χ4n) is 4.31. The number of methoxy groups -OCH3 is 1. The van der Waals surface area contributed by atoms with Crippen LogP contribution in [0, 0.1) is 6.92 Å². The molecular weight excluding hydrogens is 376 g/mol. The van der Waals surface area contributed by atoms with Crippen LogP contribution in [-0.2, 0) is 29.0 Å². The van der Waals surface area contributed by atoms with Crippen molar-refractivity contribution in [2.45, 2.75) is 45.2 Å². The van der Waals surface area contributed by atoms with Gasteiger partial charge in [-0.2, -0.15) is 0 Å². The normalized spacial score (nSPS) is 14.3. The molecule has 3 aromatic rings. The van der Waals surface area contributed by atoms with Crippen LogP contribution >= 0.6 is 0 Å². The molecule has 6 nitrogen and oxygen atoms in total. The highest BCUT2D eigenvalue weighted by atomic mass is 16.5. The highest BCUT2D eigenvalue weighted by molar-refractivity contribution is 5.80. The van der Waals surface area contributed by atoms with Crippen molar-refractivity contribution >= 4 is 17.0 Å². The van der Waals surface area contributed by atoms with E-state index in [4.69, 9.17) is 4.74 Å². The summed E-state index contributed by atoms with van der Waals surface area (Å²) in [6.45, 7) is 8.48. The van der Waals surface area contributed by atoms with Crippen LogP contribution in [0.2, 0.25) is 0 Å². The minimum atomic E-state index is -0.218. The number of fused-ring (bicyclic) bond motifs is 2. The van der Waals surface area contributed by atoms with Gasteiger partial charge in [-0.15, -0.1) is 11.7 Å². The molecule has 6 heteroatoms. The van der Waals surface area contributed by atoms with Gasteiger partial charge in [-0.05, 0) is 60.2 Å². The molecular formula is C24H28N4O2. The lowest BCUT2D eigenvalue weighted by molar-refractivity contribution is -0.140. The first-order chi connectivity index (χ1) is 14.6. The monoisotopic (exact) mass is 404 g/mol. The van der Waals surface area contributed by atoms with Crippen LogP contribution in [0.15, 0.2) is 43.0 Å². The number of benzene rings is 2. The van der Waals surface area contributed by atoms with E-state index >= 15 is 0 Å². The third-order valence-electron chi connectivity index (χ3n) is 6.02. The summed E-state index contributed by atoms with van der Waals surface area (Å²) in [6, 6.07) is 10.8. The van der Waals surface area contributed by atoms with Crippen molar-refractivity contribution < 1.29 is 9.53 Å². The maximum absolute atomic E-state index is 12.3. The molecule has 1 N–H and O–H groups in total. The van der Waals surface area contributed by atoms with E-state index in [1.807, 2.05) is 10.8 Å². The molecule has 1 aromatic heterocycles. The molecule has 0 saturated heterocycles. The zero-order valence-corrected chi connectivity index (χ0v) is 17.6. The third-order valence-corrected chi connectivity index (χ3v) is 6.02. The van der Waals surface area contributed by atoms with Gasteiger partial charge in [0.15, 0.2) is 0 Å². The summed E-state index contributed by atoms with van der Waals surface area (Å²) < 4.78 is 6.93. The second kappa shape index (κ2) is 8.79. The standard InChI is InChI=1S/C24H28N4O2/c1-4-5-12-28-22-9-8-20(16(2)24(22)26-27-28)21(14-23(29)30-3)18-7-6-17-10-11-25-15-19(17)13-18/h4,6-9,13,21,25H,1,5,10-12,14-15H2,2-3H3. The lowest BCUT2D eigenvalue weighted by Gasteiger charge is -2.23. The van der Waals surface area contributed by atoms with Gasteiger partial charge in [0.2, 0.25) is 0 Å². The molecule has 0 spiro atoms. The van der Waals surface area contributed by atoms with Gasteiger partial charge in [-0.1, -0.05) is 35.6 Å². The largest absolute Gasteiger partial charge is 0.469 e. The molecule has 1 aliphatic heterocycles. The lowest BCUT2D eigenvalue weighted by Crippen LogP contribution is -2.24. The summed E-state index contributed by atoms with van der Waals surface area (Å²) >= 11 is 0. The van der Waals surface area contributed by atoms with Crippen LogP contribution in [0.3, 0.4) is 0 Å². The van der Waals surface area contributed by atoms with Crippen LogP contribution in [0.1, 0.15) is 46.6 Å². The first-order valence-corrected chi connectivity index (χ1v) is 10.4. The average Bonchev–Trinajstić information content (AvgIpc) is 3.20. The fraction of sp³-hybridized carbons (Fsp3) is 0.375. The topological polar surface area (TPSA) is 69.0 Å². The number of hydrogen-bond acceptors (Lipinski definition) is 5. The zero-order chi connectivity index (χ0) is 21.1.